The first-order chi connectivity index (χ1) is 10.8. The van der Waals surface area contributed by atoms with Crippen LogP contribution < -0.4 is 4.74 Å². The molecule has 118 valence electrons. The van der Waals surface area contributed by atoms with Gasteiger partial charge in [0.25, 0.3) is 0 Å². The second-order valence-electron chi connectivity index (χ2n) is 5.55. The highest BCUT2D eigenvalue weighted by molar-refractivity contribution is 9.10. The predicted octanol–water partition coefficient (Wildman–Crippen LogP) is 2.23. The lowest BCUT2D eigenvalue weighted by Gasteiger charge is -2.31. The number of piperidine rings is 1. The summed E-state index contributed by atoms with van der Waals surface area (Å²) in [6.45, 7) is 4.97. The van der Waals surface area contributed by atoms with Gasteiger partial charge in [0.1, 0.15) is 0 Å². The number of hydrogen-bond donors (Lipinski definition) is 0. The summed E-state index contributed by atoms with van der Waals surface area (Å²) in [7, 11) is 0. The molecule has 3 rings (SSSR count). The molecule has 0 unspecified atom stereocenters. The molecule has 0 N–H and O–H groups in total. The molecule has 2 aromatic rings. The van der Waals surface area contributed by atoms with Crippen molar-refractivity contribution in [2.45, 2.75) is 19.4 Å². The van der Waals surface area contributed by atoms with Crippen molar-refractivity contribution in [3.05, 3.63) is 35.3 Å². The van der Waals surface area contributed by atoms with Crippen molar-refractivity contribution in [2.75, 3.05) is 26.2 Å². The van der Waals surface area contributed by atoms with E-state index in [2.05, 4.69) is 35.9 Å². The first kappa shape index (κ1) is 15.4. The molecule has 0 saturated carbocycles. The molecule has 1 aliphatic heterocycles. The fourth-order valence-corrected chi connectivity index (χ4v) is 2.83. The summed E-state index contributed by atoms with van der Waals surface area (Å²) in [6.07, 6.45) is 9.58. The standard InChI is InChI=1S/C15H20BrN5O/c16-14-10-17-15(18-11-14)22-12-13-2-6-20(7-3-13)8-9-21-5-1-4-19-21/h1,4-5,10-11,13H,2-3,6-9,12H2. The Hall–Kier alpha value is -1.47. The Kier molecular flexibility index (Phi) is 5.39. The minimum atomic E-state index is 0.462. The van der Waals surface area contributed by atoms with Gasteiger partial charge in [-0.3, -0.25) is 4.68 Å². The second-order valence-corrected chi connectivity index (χ2v) is 6.46. The van der Waals surface area contributed by atoms with Crippen LogP contribution in [0, 0.1) is 5.92 Å². The zero-order valence-corrected chi connectivity index (χ0v) is 14.0. The Morgan fingerprint density at radius 2 is 1.95 bits per heavy atom. The smallest absolute Gasteiger partial charge is 0.316 e. The fourth-order valence-electron chi connectivity index (χ4n) is 2.62. The van der Waals surface area contributed by atoms with Crippen LogP contribution in [0.15, 0.2) is 35.3 Å². The quantitative estimate of drug-likeness (QED) is 0.785. The molecular weight excluding hydrogens is 346 g/mol. The molecule has 22 heavy (non-hydrogen) atoms. The molecule has 0 aromatic carbocycles. The lowest BCUT2D eigenvalue weighted by atomic mass is 9.98. The van der Waals surface area contributed by atoms with Crippen LogP contribution in [0.3, 0.4) is 0 Å². The predicted molar refractivity (Wildman–Crippen MR) is 86.6 cm³/mol. The summed E-state index contributed by atoms with van der Waals surface area (Å²) in [5, 5.41) is 4.24. The summed E-state index contributed by atoms with van der Waals surface area (Å²) in [5.74, 6) is 0.591. The fraction of sp³-hybridized carbons (Fsp3) is 0.533. The molecular formula is C15H20BrN5O. The second kappa shape index (κ2) is 7.69. The van der Waals surface area contributed by atoms with Crippen molar-refractivity contribution >= 4 is 15.9 Å². The topological polar surface area (TPSA) is 56.1 Å². The number of halogens is 1. The van der Waals surface area contributed by atoms with E-state index in [1.165, 1.54) is 0 Å². The van der Waals surface area contributed by atoms with E-state index in [4.69, 9.17) is 4.74 Å². The van der Waals surface area contributed by atoms with E-state index in [9.17, 15) is 0 Å². The minimum Gasteiger partial charge on any atom is -0.463 e. The van der Waals surface area contributed by atoms with E-state index in [0.29, 0.717) is 18.5 Å². The van der Waals surface area contributed by atoms with Crippen LogP contribution in [0.1, 0.15) is 12.8 Å². The van der Waals surface area contributed by atoms with E-state index in [0.717, 1.165) is 43.5 Å². The maximum atomic E-state index is 5.68. The van der Waals surface area contributed by atoms with E-state index < -0.39 is 0 Å². The molecule has 2 aromatic heterocycles. The zero-order valence-electron chi connectivity index (χ0n) is 12.4. The Labute approximate surface area is 138 Å². The van der Waals surface area contributed by atoms with Crippen LogP contribution in [0.2, 0.25) is 0 Å². The lowest BCUT2D eigenvalue weighted by Crippen LogP contribution is -2.37. The number of hydrogen-bond acceptors (Lipinski definition) is 5. The monoisotopic (exact) mass is 365 g/mol. The van der Waals surface area contributed by atoms with Crippen molar-refractivity contribution in [1.82, 2.24) is 24.6 Å². The van der Waals surface area contributed by atoms with Gasteiger partial charge in [-0.25, -0.2) is 9.97 Å². The average molecular weight is 366 g/mol. The Balaban J connectivity index is 1.35. The lowest BCUT2D eigenvalue weighted by molar-refractivity contribution is 0.133. The molecule has 3 heterocycles. The van der Waals surface area contributed by atoms with Gasteiger partial charge in [0, 0.05) is 31.3 Å². The van der Waals surface area contributed by atoms with Gasteiger partial charge in [-0.15, -0.1) is 0 Å². The van der Waals surface area contributed by atoms with E-state index in [1.54, 1.807) is 12.4 Å². The molecule has 0 radical (unpaired) electrons. The average Bonchev–Trinajstić information content (AvgIpc) is 3.07. The number of rotatable bonds is 6. The largest absolute Gasteiger partial charge is 0.463 e. The van der Waals surface area contributed by atoms with E-state index in [-0.39, 0.29) is 0 Å². The van der Waals surface area contributed by atoms with Crippen LogP contribution in [0.4, 0.5) is 0 Å². The van der Waals surface area contributed by atoms with Gasteiger partial charge in [-0.2, -0.15) is 5.10 Å². The SMILES string of the molecule is Brc1cnc(OCC2CCN(CCn3cccn3)CC2)nc1. The maximum absolute atomic E-state index is 5.68. The van der Waals surface area contributed by atoms with E-state index in [1.807, 2.05) is 23.1 Å². The first-order valence-corrected chi connectivity index (χ1v) is 8.39. The van der Waals surface area contributed by atoms with Crippen molar-refractivity contribution < 1.29 is 4.74 Å². The van der Waals surface area contributed by atoms with Gasteiger partial charge in [-0.1, -0.05) is 0 Å². The van der Waals surface area contributed by atoms with Crippen LogP contribution >= 0.6 is 15.9 Å². The van der Waals surface area contributed by atoms with Crippen LogP contribution in [0.25, 0.3) is 0 Å². The molecule has 7 heteroatoms. The number of nitrogens with zero attached hydrogens (tertiary/aromatic N) is 5. The maximum Gasteiger partial charge on any atom is 0.316 e. The van der Waals surface area contributed by atoms with Gasteiger partial charge in [0.2, 0.25) is 0 Å². The summed E-state index contributed by atoms with van der Waals surface area (Å²) in [6, 6.07) is 2.43. The summed E-state index contributed by atoms with van der Waals surface area (Å²) in [5.41, 5.74) is 0. The van der Waals surface area contributed by atoms with Gasteiger partial charge >= 0.3 is 6.01 Å². The van der Waals surface area contributed by atoms with Crippen molar-refractivity contribution in [1.29, 1.82) is 0 Å². The third-order valence-corrected chi connectivity index (χ3v) is 4.37. The third-order valence-electron chi connectivity index (χ3n) is 3.96. The molecule has 1 aliphatic rings. The van der Waals surface area contributed by atoms with Crippen LogP contribution in [-0.4, -0.2) is 50.9 Å². The summed E-state index contributed by atoms with van der Waals surface area (Å²) < 4.78 is 8.53. The number of likely N-dealkylation sites (tertiary alicyclic amines) is 1. The highest BCUT2D eigenvalue weighted by atomic mass is 79.9. The molecule has 0 atom stereocenters. The van der Waals surface area contributed by atoms with Crippen molar-refractivity contribution in [3.63, 3.8) is 0 Å². The summed E-state index contributed by atoms with van der Waals surface area (Å²) in [4.78, 5) is 10.8. The van der Waals surface area contributed by atoms with Crippen LogP contribution in [0.5, 0.6) is 6.01 Å². The highest BCUT2D eigenvalue weighted by Gasteiger charge is 2.19. The van der Waals surface area contributed by atoms with Crippen LogP contribution in [-0.2, 0) is 6.54 Å². The summed E-state index contributed by atoms with van der Waals surface area (Å²) >= 11 is 3.32. The molecule has 0 bridgehead atoms. The van der Waals surface area contributed by atoms with E-state index >= 15 is 0 Å². The Morgan fingerprint density at radius 3 is 2.64 bits per heavy atom. The first-order valence-electron chi connectivity index (χ1n) is 7.60. The normalized spacial score (nSPS) is 16.8. The number of aromatic nitrogens is 4. The minimum absolute atomic E-state index is 0.462. The van der Waals surface area contributed by atoms with Crippen molar-refractivity contribution in [2.24, 2.45) is 5.92 Å². The zero-order chi connectivity index (χ0) is 15.2. The molecule has 6 nitrogen and oxygen atoms in total. The number of ether oxygens (including phenoxy) is 1. The third kappa shape index (κ3) is 4.51. The Bertz CT molecular complexity index is 552. The molecule has 0 aliphatic carbocycles. The molecule has 0 amide bonds. The van der Waals surface area contributed by atoms with Gasteiger partial charge < -0.3 is 9.64 Å². The molecule has 1 fully saturated rings. The Morgan fingerprint density at radius 1 is 1.18 bits per heavy atom. The van der Waals surface area contributed by atoms with Gasteiger partial charge in [0.15, 0.2) is 0 Å². The van der Waals surface area contributed by atoms with Gasteiger partial charge in [-0.05, 0) is 53.8 Å². The van der Waals surface area contributed by atoms with Crippen molar-refractivity contribution in [3.8, 4) is 6.01 Å². The molecule has 0 spiro atoms. The highest BCUT2D eigenvalue weighted by Crippen LogP contribution is 2.18. The van der Waals surface area contributed by atoms with Gasteiger partial charge in [0.05, 0.1) is 17.6 Å². The molecule has 1 saturated heterocycles.